The van der Waals surface area contributed by atoms with Crippen LogP contribution in [-0.2, 0) is 17.6 Å². The van der Waals surface area contributed by atoms with Crippen molar-refractivity contribution in [1.82, 2.24) is 9.88 Å². The minimum Gasteiger partial charge on any atom is -0.493 e. The van der Waals surface area contributed by atoms with Crippen molar-refractivity contribution in [3.8, 4) is 22.8 Å². The largest absolute Gasteiger partial charge is 0.493 e. The van der Waals surface area contributed by atoms with Gasteiger partial charge in [-0.05, 0) is 68.6 Å². The Morgan fingerprint density at radius 3 is 2.23 bits per heavy atom. The maximum atomic E-state index is 14.1. The first-order chi connectivity index (χ1) is 20.7. The van der Waals surface area contributed by atoms with Crippen LogP contribution in [0.15, 0.2) is 54.7 Å². The highest BCUT2D eigenvalue weighted by molar-refractivity contribution is 5.70. The number of carboxylic acids is 1. The van der Waals surface area contributed by atoms with Crippen molar-refractivity contribution >= 4 is 5.97 Å². The third kappa shape index (κ3) is 12.8. The van der Waals surface area contributed by atoms with E-state index in [1.54, 1.807) is 13.0 Å². The zero-order chi connectivity index (χ0) is 32.4. The lowest BCUT2D eigenvalue weighted by Crippen LogP contribution is -2.17. The molecule has 1 aromatic heterocycles. The molecule has 2 atom stereocenters. The molecule has 0 bridgehead atoms. The van der Waals surface area contributed by atoms with Gasteiger partial charge in [0.25, 0.3) is 0 Å². The van der Waals surface area contributed by atoms with Crippen molar-refractivity contribution in [2.75, 3.05) is 27.8 Å². The van der Waals surface area contributed by atoms with Gasteiger partial charge in [-0.25, -0.2) is 9.37 Å². The summed E-state index contributed by atoms with van der Waals surface area (Å²) in [6.07, 6.45) is 8.39. The Morgan fingerprint density at radius 2 is 1.65 bits per heavy atom. The standard InChI is InChI=1S/C16H19FN2O.C13H16O3.C3H6.2C2H6/c1-11(19(2)3)12-7-5-6-8-13(12)14-9-16(20-4)18-10-15(14)17;1-9(13(14)15)7-10-4-5-11-3-2-6-16-12(11)8-10;1-2-3-1;2*1-2/h5-11H,1-4H3;4-5,8-9H,2-3,6-7H2,1H3,(H,14,15);1-3H2;2*1-2H3. The van der Waals surface area contributed by atoms with E-state index in [0.29, 0.717) is 17.9 Å². The van der Waals surface area contributed by atoms with Gasteiger partial charge in [0.1, 0.15) is 11.6 Å². The molecule has 2 heterocycles. The maximum Gasteiger partial charge on any atom is 0.306 e. The maximum absolute atomic E-state index is 14.1. The van der Waals surface area contributed by atoms with Crippen molar-refractivity contribution < 1.29 is 23.8 Å². The Balaban J connectivity index is 0.000000358. The van der Waals surface area contributed by atoms with Crippen molar-refractivity contribution in [1.29, 1.82) is 0 Å². The predicted molar refractivity (Wildman–Crippen MR) is 176 cm³/mol. The summed E-state index contributed by atoms with van der Waals surface area (Å²) < 4.78 is 24.8. The van der Waals surface area contributed by atoms with Crippen LogP contribution >= 0.6 is 0 Å². The molecule has 5 rings (SSSR count). The Kier molecular flexibility index (Phi) is 17.9. The molecule has 1 saturated carbocycles. The molecule has 6 nitrogen and oxygen atoms in total. The lowest BCUT2D eigenvalue weighted by Gasteiger charge is -2.23. The number of carboxylic acid groups (broad SMARTS) is 1. The average Bonchev–Trinajstić information content (AvgIpc) is 3.93. The third-order valence-electron chi connectivity index (χ3n) is 6.81. The number of pyridine rings is 1. The van der Waals surface area contributed by atoms with Gasteiger partial charge in [-0.3, -0.25) is 4.79 Å². The van der Waals surface area contributed by atoms with Gasteiger partial charge in [0.2, 0.25) is 5.88 Å². The molecular formula is C36H53FN2O4. The van der Waals surface area contributed by atoms with Crippen LogP contribution in [0.25, 0.3) is 11.1 Å². The summed E-state index contributed by atoms with van der Waals surface area (Å²) in [6, 6.07) is 15.7. The smallest absolute Gasteiger partial charge is 0.306 e. The highest BCUT2D eigenvalue weighted by Crippen LogP contribution is 2.33. The predicted octanol–water partition coefficient (Wildman–Crippen LogP) is 9.02. The molecule has 0 saturated heterocycles. The van der Waals surface area contributed by atoms with Crippen LogP contribution in [0.4, 0.5) is 4.39 Å². The fourth-order valence-electron chi connectivity index (χ4n) is 4.07. The Labute approximate surface area is 259 Å². The lowest BCUT2D eigenvalue weighted by atomic mass is 9.95. The molecule has 2 aliphatic rings. The Hall–Kier alpha value is -3.45. The van der Waals surface area contributed by atoms with Gasteiger partial charge < -0.3 is 19.5 Å². The van der Waals surface area contributed by atoms with Crippen LogP contribution in [0.2, 0.25) is 0 Å². The second-order valence-corrected chi connectivity index (χ2v) is 10.3. The van der Waals surface area contributed by atoms with Gasteiger partial charge in [-0.15, -0.1) is 0 Å². The Morgan fingerprint density at radius 1 is 1.00 bits per heavy atom. The number of hydrogen-bond donors (Lipinski definition) is 1. The summed E-state index contributed by atoms with van der Waals surface area (Å²) in [5.74, 6) is -0.0977. The van der Waals surface area contributed by atoms with Crippen LogP contribution in [0.3, 0.4) is 0 Å². The molecule has 2 aromatic carbocycles. The summed E-state index contributed by atoms with van der Waals surface area (Å²) >= 11 is 0. The minimum absolute atomic E-state index is 0.185. The summed E-state index contributed by atoms with van der Waals surface area (Å²) in [6.45, 7) is 12.6. The van der Waals surface area contributed by atoms with Gasteiger partial charge in [0.15, 0.2) is 0 Å². The first-order valence-corrected chi connectivity index (χ1v) is 15.6. The molecule has 2 unspecified atom stereocenters. The molecule has 0 radical (unpaired) electrons. The molecule has 0 spiro atoms. The number of hydrogen-bond acceptors (Lipinski definition) is 5. The summed E-state index contributed by atoms with van der Waals surface area (Å²) in [5.41, 5.74) is 4.73. The SMILES string of the molecule is C1CC1.CC.CC.CC(Cc1ccc2c(c1)OCCC2)C(=O)O.COc1cc(-c2ccccc2C(C)N(C)C)c(F)cn1. The fraction of sp³-hybridized carbons (Fsp3) is 0.500. The first-order valence-electron chi connectivity index (χ1n) is 15.6. The molecule has 1 aliphatic carbocycles. The zero-order valence-corrected chi connectivity index (χ0v) is 27.7. The van der Waals surface area contributed by atoms with E-state index >= 15 is 0 Å². The van der Waals surface area contributed by atoms with Gasteiger partial charge >= 0.3 is 5.97 Å². The lowest BCUT2D eigenvalue weighted by molar-refractivity contribution is -0.141. The second-order valence-electron chi connectivity index (χ2n) is 10.3. The van der Waals surface area contributed by atoms with E-state index in [4.69, 9.17) is 14.6 Å². The van der Waals surface area contributed by atoms with Crippen molar-refractivity contribution in [3.63, 3.8) is 0 Å². The number of ether oxygens (including phenoxy) is 2. The van der Waals surface area contributed by atoms with Gasteiger partial charge in [-0.1, -0.05) is 90.3 Å². The summed E-state index contributed by atoms with van der Waals surface area (Å²) in [5, 5.41) is 8.85. The van der Waals surface area contributed by atoms with E-state index in [9.17, 15) is 9.18 Å². The van der Waals surface area contributed by atoms with E-state index in [0.717, 1.165) is 41.9 Å². The van der Waals surface area contributed by atoms with Gasteiger partial charge in [0.05, 0.1) is 25.8 Å². The molecule has 7 heteroatoms. The number of benzene rings is 2. The Bertz CT molecular complexity index is 1230. The molecule has 1 fully saturated rings. The fourth-order valence-corrected chi connectivity index (χ4v) is 4.07. The van der Waals surface area contributed by atoms with E-state index in [1.807, 2.05) is 78.2 Å². The van der Waals surface area contributed by atoms with E-state index in [-0.39, 0.29) is 17.8 Å². The van der Waals surface area contributed by atoms with Gasteiger partial charge in [-0.2, -0.15) is 0 Å². The minimum atomic E-state index is -0.751. The number of aromatic nitrogens is 1. The number of rotatable bonds is 7. The van der Waals surface area contributed by atoms with Gasteiger partial charge in [0, 0.05) is 17.7 Å². The van der Waals surface area contributed by atoms with Crippen LogP contribution in [-0.4, -0.2) is 48.8 Å². The highest BCUT2D eigenvalue weighted by Gasteiger charge is 2.17. The van der Waals surface area contributed by atoms with E-state index in [2.05, 4.69) is 22.9 Å². The molecule has 3 aromatic rings. The summed E-state index contributed by atoms with van der Waals surface area (Å²) in [4.78, 5) is 16.7. The number of carbonyl (C=O) groups is 1. The molecular weight excluding hydrogens is 543 g/mol. The van der Waals surface area contributed by atoms with Crippen molar-refractivity contribution in [3.05, 3.63) is 77.2 Å². The quantitative estimate of drug-likeness (QED) is 0.293. The number of fused-ring (bicyclic) bond motifs is 1. The van der Waals surface area contributed by atoms with E-state index < -0.39 is 5.97 Å². The van der Waals surface area contributed by atoms with Crippen LogP contribution in [0.5, 0.6) is 11.6 Å². The topological polar surface area (TPSA) is 71.9 Å². The molecule has 238 valence electrons. The summed E-state index contributed by atoms with van der Waals surface area (Å²) in [7, 11) is 5.54. The van der Waals surface area contributed by atoms with E-state index in [1.165, 1.54) is 38.1 Å². The second kappa shape index (κ2) is 20.5. The normalized spacial score (nSPS) is 13.7. The molecule has 43 heavy (non-hydrogen) atoms. The number of nitrogens with zero attached hydrogens (tertiary/aromatic N) is 2. The van der Waals surface area contributed by atoms with Crippen molar-refractivity contribution in [2.45, 2.75) is 86.1 Å². The number of aliphatic carboxylic acids is 1. The van der Waals surface area contributed by atoms with Crippen LogP contribution < -0.4 is 9.47 Å². The highest BCUT2D eigenvalue weighted by atomic mass is 19.1. The zero-order valence-electron chi connectivity index (χ0n) is 27.7. The van der Waals surface area contributed by atoms with Crippen molar-refractivity contribution in [2.24, 2.45) is 5.92 Å². The van der Waals surface area contributed by atoms with Crippen LogP contribution in [0, 0.1) is 11.7 Å². The first kappa shape index (κ1) is 37.6. The number of halogens is 1. The average molecular weight is 597 g/mol. The number of methoxy groups -OCH3 is 1. The number of aryl methyl sites for hydroxylation is 1. The molecule has 1 N–H and O–H groups in total. The molecule has 1 aliphatic heterocycles. The monoisotopic (exact) mass is 596 g/mol. The van der Waals surface area contributed by atoms with Crippen LogP contribution in [0.1, 0.15) is 90.0 Å². The molecule has 0 amide bonds. The third-order valence-corrected chi connectivity index (χ3v) is 6.81.